The second-order valence-electron chi connectivity index (χ2n) is 8.77. The number of rotatable bonds is 7. The molecule has 3 fully saturated rings. The van der Waals surface area contributed by atoms with E-state index in [0.29, 0.717) is 19.6 Å². The number of likely N-dealkylation sites (tertiary alicyclic amines) is 1. The lowest BCUT2D eigenvalue weighted by Gasteiger charge is -2.34. The average Bonchev–Trinajstić information content (AvgIpc) is 3.34. The first kappa shape index (κ1) is 20.1. The summed E-state index contributed by atoms with van der Waals surface area (Å²) in [6.07, 6.45) is 8.54. The van der Waals surface area contributed by atoms with Gasteiger partial charge in [-0.05, 0) is 56.8 Å². The van der Waals surface area contributed by atoms with Gasteiger partial charge in [-0.15, -0.1) is 0 Å². The summed E-state index contributed by atoms with van der Waals surface area (Å²) < 4.78 is 32.3. The fourth-order valence-electron chi connectivity index (χ4n) is 4.47. The van der Waals surface area contributed by atoms with E-state index >= 15 is 0 Å². The SMILES string of the molecule is CC(C)C1CCC(OCC2C(NS(C)(=O)=O)CCN2C(=O)C2CC2)CC1. The fourth-order valence-corrected chi connectivity index (χ4v) is 5.29. The van der Waals surface area contributed by atoms with Gasteiger partial charge in [0.15, 0.2) is 0 Å². The highest BCUT2D eigenvalue weighted by Crippen LogP contribution is 2.35. The molecule has 1 amide bonds. The molecule has 6 nitrogen and oxygen atoms in total. The van der Waals surface area contributed by atoms with E-state index in [4.69, 9.17) is 4.74 Å². The zero-order valence-corrected chi connectivity index (χ0v) is 17.1. The van der Waals surface area contributed by atoms with Crippen LogP contribution in [-0.2, 0) is 19.6 Å². The van der Waals surface area contributed by atoms with Crippen molar-refractivity contribution in [2.24, 2.45) is 17.8 Å². The van der Waals surface area contributed by atoms with Gasteiger partial charge in [0, 0.05) is 18.5 Å². The van der Waals surface area contributed by atoms with Crippen molar-refractivity contribution < 1.29 is 17.9 Å². The normalized spacial score (nSPS) is 33.0. The van der Waals surface area contributed by atoms with Crippen molar-refractivity contribution in [2.45, 2.75) is 77.0 Å². The Morgan fingerprint density at radius 1 is 1.12 bits per heavy atom. The second kappa shape index (κ2) is 8.15. The molecule has 2 saturated carbocycles. The van der Waals surface area contributed by atoms with E-state index < -0.39 is 10.0 Å². The Labute approximate surface area is 158 Å². The third kappa shape index (κ3) is 5.20. The number of hydrogen-bond acceptors (Lipinski definition) is 4. The van der Waals surface area contributed by atoms with Crippen LogP contribution in [0, 0.1) is 17.8 Å². The van der Waals surface area contributed by atoms with Gasteiger partial charge in [0.25, 0.3) is 0 Å². The first-order chi connectivity index (χ1) is 12.2. The van der Waals surface area contributed by atoms with E-state index in [-0.39, 0.29) is 30.0 Å². The number of carbonyl (C=O) groups excluding carboxylic acids is 1. The molecule has 0 radical (unpaired) electrons. The first-order valence-electron chi connectivity index (χ1n) is 10.1. The van der Waals surface area contributed by atoms with Crippen molar-refractivity contribution in [1.82, 2.24) is 9.62 Å². The van der Waals surface area contributed by atoms with Crippen LogP contribution in [0.3, 0.4) is 0 Å². The maximum atomic E-state index is 12.6. The third-order valence-electron chi connectivity index (χ3n) is 6.29. The third-order valence-corrected chi connectivity index (χ3v) is 7.02. The Kier molecular flexibility index (Phi) is 6.29. The molecule has 150 valence electrons. The van der Waals surface area contributed by atoms with Crippen LogP contribution < -0.4 is 4.72 Å². The molecule has 0 aromatic rings. The quantitative estimate of drug-likeness (QED) is 0.727. The van der Waals surface area contributed by atoms with Crippen LogP contribution in [0.2, 0.25) is 0 Å². The van der Waals surface area contributed by atoms with Crippen molar-refractivity contribution in [2.75, 3.05) is 19.4 Å². The number of amides is 1. The monoisotopic (exact) mass is 386 g/mol. The molecule has 1 saturated heterocycles. The highest BCUT2D eigenvalue weighted by molar-refractivity contribution is 7.88. The van der Waals surface area contributed by atoms with Crippen molar-refractivity contribution >= 4 is 15.9 Å². The highest BCUT2D eigenvalue weighted by Gasteiger charge is 2.43. The Morgan fingerprint density at radius 2 is 1.77 bits per heavy atom. The standard InChI is InChI=1S/C19H34N2O4S/c1-13(2)14-6-8-16(9-7-14)25-12-18-17(20-26(3,23)24)10-11-21(18)19(22)15-4-5-15/h13-18,20H,4-12H2,1-3H3. The predicted molar refractivity (Wildman–Crippen MR) is 101 cm³/mol. The van der Waals surface area contributed by atoms with Gasteiger partial charge in [-0.25, -0.2) is 13.1 Å². The van der Waals surface area contributed by atoms with Crippen molar-refractivity contribution in [1.29, 1.82) is 0 Å². The maximum absolute atomic E-state index is 12.6. The van der Waals surface area contributed by atoms with Crippen molar-refractivity contribution in [3.63, 3.8) is 0 Å². The molecular weight excluding hydrogens is 352 g/mol. The summed E-state index contributed by atoms with van der Waals surface area (Å²) >= 11 is 0. The lowest BCUT2D eigenvalue weighted by molar-refractivity contribution is -0.135. The van der Waals surface area contributed by atoms with E-state index in [1.54, 1.807) is 0 Å². The summed E-state index contributed by atoms with van der Waals surface area (Å²) in [5.74, 6) is 1.84. The molecule has 1 heterocycles. The van der Waals surface area contributed by atoms with Gasteiger partial charge < -0.3 is 9.64 Å². The molecule has 3 aliphatic rings. The molecule has 1 N–H and O–H groups in total. The van der Waals surface area contributed by atoms with Crippen molar-refractivity contribution in [3.05, 3.63) is 0 Å². The summed E-state index contributed by atoms with van der Waals surface area (Å²) in [4.78, 5) is 14.5. The Bertz CT molecular complexity index is 595. The van der Waals surface area contributed by atoms with Gasteiger partial charge in [0.1, 0.15) is 0 Å². The minimum absolute atomic E-state index is 0.149. The summed E-state index contributed by atoms with van der Waals surface area (Å²) in [6.45, 7) is 5.62. The molecular formula is C19H34N2O4S. The lowest BCUT2D eigenvalue weighted by atomic mass is 9.80. The number of nitrogens with zero attached hydrogens (tertiary/aromatic N) is 1. The Morgan fingerprint density at radius 3 is 2.31 bits per heavy atom. The molecule has 2 unspecified atom stereocenters. The van der Waals surface area contributed by atoms with Gasteiger partial charge >= 0.3 is 0 Å². The molecule has 7 heteroatoms. The molecule has 3 rings (SSSR count). The van der Waals surface area contributed by atoms with Gasteiger partial charge in [-0.1, -0.05) is 13.8 Å². The Hall–Kier alpha value is -0.660. The maximum Gasteiger partial charge on any atom is 0.226 e. The summed E-state index contributed by atoms with van der Waals surface area (Å²) in [7, 11) is -3.30. The van der Waals surface area contributed by atoms with E-state index in [2.05, 4.69) is 18.6 Å². The second-order valence-corrected chi connectivity index (χ2v) is 10.6. The minimum Gasteiger partial charge on any atom is -0.376 e. The van der Waals surface area contributed by atoms with Crippen molar-refractivity contribution in [3.8, 4) is 0 Å². The summed E-state index contributed by atoms with van der Waals surface area (Å²) in [6, 6.07) is -0.416. The van der Waals surface area contributed by atoms with Crippen LogP contribution in [0.15, 0.2) is 0 Å². The zero-order valence-electron chi connectivity index (χ0n) is 16.3. The number of sulfonamides is 1. The number of ether oxygens (including phenoxy) is 1. The van der Waals surface area contributed by atoms with E-state index in [1.807, 2.05) is 4.90 Å². The van der Waals surface area contributed by atoms with E-state index in [1.165, 1.54) is 19.1 Å². The van der Waals surface area contributed by atoms with E-state index in [0.717, 1.165) is 37.5 Å². The Balaban J connectivity index is 1.58. The van der Waals surface area contributed by atoms with Crippen LogP contribution in [0.1, 0.15) is 58.8 Å². The first-order valence-corrected chi connectivity index (χ1v) is 12.0. The summed E-state index contributed by atoms with van der Waals surface area (Å²) in [5, 5.41) is 0. The largest absolute Gasteiger partial charge is 0.376 e. The lowest BCUT2D eigenvalue weighted by Crippen LogP contribution is -2.49. The van der Waals surface area contributed by atoms with Crippen LogP contribution in [0.4, 0.5) is 0 Å². The van der Waals surface area contributed by atoms with Gasteiger partial charge in [0.05, 0.1) is 25.0 Å². The smallest absolute Gasteiger partial charge is 0.226 e. The highest BCUT2D eigenvalue weighted by atomic mass is 32.2. The molecule has 2 atom stereocenters. The molecule has 2 aliphatic carbocycles. The number of carbonyl (C=O) groups is 1. The molecule has 0 bridgehead atoms. The average molecular weight is 387 g/mol. The molecule has 0 spiro atoms. The van der Waals surface area contributed by atoms with Crippen LogP contribution in [0.5, 0.6) is 0 Å². The van der Waals surface area contributed by atoms with Gasteiger partial charge in [-0.2, -0.15) is 0 Å². The summed E-state index contributed by atoms with van der Waals surface area (Å²) in [5.41, 5.74) is 0. The number of nitrogens with one attached hydrogen (secondary N) is 1. The molecule has 26 heavy (non-hydrogen) atoms. The molecule has 0 aromatic heterocycles. The number of hydrogen-bond donors (Lipinski definition) is 1. The van der Waals surface area contributed by atoms with Gasteiger partial charge in [0.2, 0.25) is 15.9 Å². The predicted octanol–water partition coefficient (Wildman–Crippen LogP) is 2.15. The van der Waals surface area contributed by atoms with Crippen LogP contribution >= 0.6 is 0 Å². The van der Waals surface area contributed by atoms with Crippen LogP contribution in [-0.4, -0.2) is 56.8 Å². The van der Waals surface area contributed by atoms with E-state index in [9.17, 15) is 13.2 Å². The topological polar surface area (TPSA) is 75.7 Å². The minimum atomic E-state index is -3.30. The fraction of sp³-hybridized carbons (Fsp3) is 0.947. The molecule has 0 aromatic carbocycles. The molecule has 1 aliphatic heterocycles. The van der Waals surface area contributed by atoms with Crippen LogP contribution in [0.25, 0.3) is 0 Å². The van der Waals surface area contributed by atoms with Gasteiger partial charge in [-0.3, -0.25) is 4.79 Å². The zero-order chi connectivity index (χ0) is 18.9.